The van der Waals surface area contributed by atoms with Crippen LogP contribution < -0.4 is 5.73 Å². The normalized spacial score (nSPS) is 9.70. The summed E-state index contributed by atoms with van der Waals surface area (Å²) in [6.07, 6.45) is 3.37. The van der Waals surface area contributed by atoms with Gasteiger partial charge in [0.25, 0.3) is 0 Å². The smallest absolute Gasteiger partial charge is 0.239 e. The number of aromatic nitrogens is 3. The Bertz CT molecular complexity index is 243. The van der Waals surface area contributed by atoms with Crippen molar-refractivity contribution in [2.45, 2.75) is 0 Å². The number of thiocarbonyl (C=S) groups is 1. The monoisotopic (exact) mass is 174 g/mol. The zero-order valence-corrected chi connectivity index (χ0v) is 6.95. The molecule has 2 N–H and O–H groups in total. The molecule has 0 aromatic carbocycles. The van der Waals surface area contributed by atoms with Gasteiger partial charge in [-0.2, -0.15) is 0 Å². The first-order valence-corrected chi connectivity index (χ1v) is 4.13. The van der Waals surface area contributed by atoms with Crippen molar-refractivity contribution in [1.29, 1.82) is 0 Å². The second-order valence-electron chi connectivity index (χ2n) is 1.52. The minimum Gasteiger partial charge on any atom is -0.366 e. The summed E-state index contributed by atoms with van der Waals surface area (Å²) in [6, 6.07) is 0. The van der Waals surface area contributed by atoms with E-state index in [0.717, 1.165) is 0 Å². The zero-order valence-electron chi connectivity index (χ0n) is 5.31. The van der Waals surface area contributed by atoms with Crippen molar-refractivity contribution in [2.24, 2.45) is 0 Å². The van der Waals surface area contributed by atoms with E-state index in [1.165, 1.54) is 22.8 Å². The molecule has 0 bridgehead atoms. The van der Waals surface area contributed by atoms with Gasteiger partial charge in [0.05, 0.1) is 0 Å². The molecule has 54 valence electrons. The molecule has 1 rings (SSSR count). The summed E-state index contributed by atoms with van der Waals surface area (Å²) in [6.45, 7) is 0. The average Bonchev–Trinajstić information content (AvgIpc) is 2.34. The van der Waals surface area contributed by atoms with E-state index in [1.54, 1.807) is 0 Å². The number of hydrogen-bond donors (Lipinski definition) is 1. The van der Waals surface area contributed by atoms with Gasteiger partial charge in [-0.05, 0) is 6.26 Å². The third-order valence-corrected chi connectivity index (χ3v) is 2.09. The summed E-state index contributed by atoms with van der Waals surface area (Å²) in [5.74, 6) is 0.247. The van der Waals surface area contributed by atoms with Crippen LogP contribution in [0.2, 0.25) is 0 Å². The van der Waals surface area contributed by atoms with E-state index in [2.05, 4.69) is 10.1 Å². The fraction of sp³-hybridized carbons (Fsp3) is 0.250. The van der Waals surface area contributed by atoms with Crippen molar-refractivity contribution < 1.29 is 0 Å². The fourth-order valence-corrected chi connectivity index (χ4v) is 0.820. The first-order valence-electron chi connectivity index (χ1n) is 2.49. The van der Waals surface area contributed by atoms with Gasteiger partial charge < -0.3 is 5.73 Å². The number of rotatable bonds is 0. The van der Waals surface area contributed by atoms with Gasteiger partial charge in [0.1, 0.15) is 6.33 Å². The van der Waals surface area contributed by atoms with Crippen LogP contribution in [0.5, 0.6) is 0 Å². The van der Waals surface area contributed by atoms with Gasteiger partial charge >= 0.3 is 0 Å². The maximum atomic E-state index is 5.26. The van der Waals surface area contributed by atoms with Crippen LogP contribution in [0.15, 0.2) is 6.33 Å². The molecule has 0 aliphatic rings. The van der Waals surface area contributed by atoms with E-state index in [4.69, 9.17) is 18.0 Å². The van der Waals surface area contributed by atoms with Crippen molar-refractivity contribution in [3.63, 3.8) is 0 Å². The topological polar surface area (TPSA) is 56.7 Å². The van der Waals surface area contributed by atoms with Crippen molar-refractivity contribution in [3.05, 3.63) is 6.33 Å². The molecule has 1 aromatic heterocycles. The molecular weight excluding hydrogens is 168 g/mol. The van der Waals surface area contributed by atoms with E-state index in [1.807, 2.05) is 6.26 Å². The van der Waals surface area contributed by atoms with Crippen molar-refractivity contribution in [1.82, 2.24) is 14.8 Å². The molecule has 0 aliphatic carbocycles. The van der Waals surface area contributed by atoms with Crippen LogP contribution in [-0.4, -0.2) is 25.3 Å². The van der Waals surface area contributed by atoms with Gasteiger partial charge in [-0.1, -0.05) is 24.0 Å². The van der Waals surface area contributed by atoms with Gasteiger partial charge in [0, 0.05) is 0 Å². The number of hydrogen-bond acceptors (Lipinski definition) is 5. The van der Waals surface area contributed by atoms with Gasteiger partial charge in [-0.3, -0.25) is 0 Å². The summed E-state index contributed by atoms with van der Waals surface area (Å²) >= 11 is 6.33. The Morgan fingerprint density at radius 1 is 1.90 bits per heavy atom. The highest BCUT2D eigenvalue weighted by Crippen LogP contribution is 2.00. The molecular formula is C4H6N4S2. The number of nitrogen functional groups attached to an aromatic ring is 1. The highest BCUT2D eigenvalue weighted by molar-refractivity contribution is 8.22. The lowest BCUT2D eigenvalue weighted by atomic mass is 11.1. The van der Waals surface area contributed by atoms with Crippen LogP contribution in [0.3, 0.4) is 0 Å². The molecule has 0 saturated heterocycles. The maximum absolute atomic E-state index is 5.26. The van der Waals surface area contributed by atoms with E-state index in [0.29, 0.717) is 4.32 Å². The second kappa shape index (κ2) is 2.98. The maximum Gasteiger partial charge on any atom is 0.239 e. The molecule has 0 amide bonds. The van der Waals surface area contributed by atoms with E-state index < -0.39 is 0 Å². The summed E-state index contributed by atoms with van der Waals surface area (Å²) in [7, 11) is 0. The second-order valence-corrected chi connectivity index (χ2v) is 2.96. The van der Waals surface area contributed by atoms with Crippen molar-refractivity contribution in [2.75, 3.05) is 12.0 Å². The Hall–Kier alpha value is -0.620. The van der Waals surface area contributed by atoms with Crippen LogP contribution in [0, 0.1) is 0 Å². The first kappa shape index (κ1) is 7.49. The number of anilines is 1. The van der Waals surface area contributed by atoms with Crippen LogP contribution in [0.4, 0.5) is 5.95 Å². The lowest BCUT2D eigenvalue weighted by Gasteiger charge is -1.94. The largest absolute Gasteiger partial charge is 0.366 e. The molecule has 0 saturated carbocycles. The molecule has 0 atom stereocenters. The van der Waals surface area contributed by atoms with E-state index >= 15 is 0 Å². The van der Waals surface area contributed by atoms with Crippen LogP contribution in [-0.2, 0) is 0 Å². The van der Waals surface area contributed by atoms with Crippen molar-refractivity contribution in [3.8, 4) is 0 Å². The standard InChI is InChI=1S/C4H6N4S2/c1-10-4(9)8-2-6-3(5)7-8/h2H,1H3,(H2,5,7). The quantitative estimate of drug-likeness (QED) is 0.575. The molecule has 1 aromatic rings. The molecule has 1 heterocycles. The third kappa shape index (κ3) is 1.45. The number of nitrogens with two attached hydrogens (primary N) is 1. The summed E-state index contributed by atoms with van der Waals surface area (Å²) in [5.41, 5.74) is 5.26. The van der Waals surface area contributed by atoms with Crippen molar-refractivity contribution >= 4 is 34.2 Å². The molecule has 0 spiro atoms. The lowest BCUT2D eigenvalue weighted by molar-refractivity contribution is 0.969. The van der Waals surface area contributed by atoms with Gasteiger partial charge in [0.15, 0.2) is 4.32 Å². The Morgan fingerprint density at radius 3 is 3.00 bits per heavy atom. The highest BCUT2D eigenvalue weighted by atomic mass is 32.2. The molecule has 0 unspecified atom stereocenters. The average molecular weight is 174 g/mol. The number of nitrogens with zero attached hydrogens (tertiary/aromatic N) is 3. The Kier molecular flexibility index (Phi) is 2.23. The van der Waals surface area contributed by atoms with Gasteiger partial charge in [-0.15, -0.1) is 5.10 Å². The molecule has 0 fully saturated rings. The summed E-state index contributed by atoms with van der Waals surface area (Å²) in [5, 5.41) is 3.80. The van der Waals surface area contributed by atoms with Gasteiger partial charge in [0.2, 0.25) is 5.95 Å². The summed E-state index contributed by atoms with van der Waals surface area (Å²) < 4.78 is 2.11. The van der Waals surface area contributed by atoms with Crippen LogP contribution in [0.25, 0.3) is 0 Å². The van der Waals surface area contributed by atoms with Gasteiger partial charge in [-0.25, -0.2) is 9.67 Å². The predicted octanol–water partition coefficient (Wildman–Crippen LogP) is 0.356. The minimum atomic E-state index is 0.247. The zero-order chi connectivity index (χ0) is 7.56. The molecule has 6 heteroatoms. The molecule has 0 radical (unpaired) electrons. The van der Waals surface area contributed by atoms with E-state index in [9.17, 15) is 0 Å². The lowest BCUT2D eigenvalue weighted by Crippen LogP contribution is -2.04. The summed E-state index contributed by atoms with van der Waals surface area (Å²) in [4.78, 5) is 3.71. The fourth-order valence-electron chi connectivity index (χ4n) is 0.457. The highest BCUT2D eigenvalue weighted by Gasteiger charge is 1.98. The van der Waals surface area contributed by atoms with Crippen LogP contribution >= 0.6 is 24.0 Å². The minimum absolute atomic E-state index is 0.247. The molecule has 0 aliphatic heterocycles. The Labute approximate surface area is 67.8 Å². The first-order chi connectivity index (χ1) is 4.74. The Morgan fingerprint density at radius 2 is 2.60 bits per heavy atom. The molecule has 10 heavy (non-hydrogen) atoms. The van der Waals surface area contributed by atoms with E-state index in [-0.39, 0.29) is 5.95 Å². The predicted molar refractivity (Wildman–Crippen MR) is 45.9 cm³/mol. The SMILES string of the molecule is CSC(=S)n1cnc(N)n1. The molecule has 4 nitrogen and oxygen atoms in total. The van der Waals surface area contributed by atoms with Crippen LogP contribution in [0.1, 0.15) is 0 Å². The number of thioether (sulfide) groups is 1. The Balaban J connectivity index is 2.85. The third-order valence-electron chi connectivity index (χ3n) is 0.871.